The molecular formula is C24H31ClN8. The molecule has 9 heteroatoms. The molecule has 2 aliphatic rings. The van der Waals surface area contributed by atoms with Crippen molar-refractivity contribution in [3.63, 3.8) is 0 Å². The van der Waals surface area contributed by atoms with Crippen molar-refractivity contribution < 1.29 is 0 Å². The molecule has 3 aromatic heterocycles. The van der Waals surface area contributed by atoms with Crippen LogP contribution < -0.4 is 10.2 Å². The van der Waals surface area contributed by atoms with Crippen LogP contribution in [0.15, 0.2) is 30.7 Å². The van der Waals surface area contributed by atoms with Gasteiger partial charge in [0.05, 0.1) is 29.3 Å². The summed E-state index contributed by atoms with van der Waals surface area (Å²) in [4.78, 5) is 20.1. The van der Waals surface area contributed by atoms with E-state index >= 15 is 0 Å². The monoisotopic (exact) mass is 466 g/mol. The lowest BCUT2D eigenvalue weighted by molar-refractivity contribution is 0.343. The Kier molecular flexibility index (Phi) is 6.44. The molecule has 174 valence electrons. The van der Waals surface area contributed by atoms with E-state index in [1.165, 1.54) is 25.7 Å². The van der Waals surface area contributed by atoms with Crippen LogP contribution in [0.3, 0.4) is 0 Å². The Morgan fingerprint density at radius 1 is 1.09 bits per heavy atom. The lowest BCUT2D eigenvalue weighted by Gasteiger charge is -2.32. The smallest absolute Gasteiger partial charge is 0.225 e. The van der Waals surface area contributed by atoms with E-state index in [9.17, 15) is 0 Å². The number of anilines is 2. The molecule has 5 rings (SSSR count). The highest BCUT2D eigenvalue weighted by Gasteiger charge is 2.43. The molecule has 3 aromatic rings. The highest BCUT2D eigenvalue weighted by atomic mass is 35.5. The van der Waals surface area contributed by atoms with Crippen molar-refractivity contribution >= 4 is 23.2 Å². The third-order valence-corrected chi connectivity index (χ3v) is 7.11. The van der Waals surface area contributed by atoms with Crippen LogP contribution in [0.4, 0.5) is 11.6 Å². The van der Waals surface area contributed by atoms with E-state index in [0.717, 1.165) is 72.9 Å². The summed E-state index contributed by atoms with van der Waals surface area (Å²) in [6.07, 6.45) is 11.1. The van der Waals surface area contributed by atoms with Gasteiger partial charge in [-0.25, -0.2) is 19.9 Å². The first-order valence-corrected chi connectivity index (χ1v) is 12.3. The minimum Gasteiger partial charge on any atom is -0.384 e. The molecule has 1 aliphatic heterocycles. The van der Waals surface area contributed by atoms with Crippen LogP contribution in [0.1, 0.15) is 44.3 Å². The van der Waals surface area contributed by atoms with Crippen LogP contribution in [0, 0.1) is 24.7 Å². The summed E-state index contributed by atoms with van der Waals surface area (Å²) in [6, 6.07) is 4.09. The minimum atomic E-state index is 0.589. The first-order valence-electron chi connectivity index (χ1n) is 12.0. The van der Waals surface area contributed by atoms with Crippen LogP contribution in [0.25, 0.3) is 5.82 Å². The topological polar surface area (TPSA) is 84.7 Å². The molecule has 33 heavy (non-hydrogen) atoms. The number of aromatic nitrogens is 6. The van der Waals surface area contributed by atoms with Gasteiger partial charge in [-0.2, -0.15) is 4.68 Å². The van der Waals surface area contributed by atoms with Crippen molar-refractivity contribution in [1.29, 1.82) is 0 Å². The quantitative estimate of drug-likeness (QED) is 0.528. The van der Waals surface area contributed by atoms with E-state index in [2.05, 4.69) is 48.2 Å². The Labute approximate surface area is 199 Å². The van der Waals surface area contributed by atoms with Gasteiger partial charge < -0.3 is 10.2 Å². The SMILES string of the molecule is CCc1nc(C)nn1-c1ccc(NCCC2CC2C2CCN(c3ncc(Cl)cn3)CC2)cn1. The summed E-state index contributed by atoms with van der Waals surface area (Å²) in [5.41, 5.74) is 1.06. The van der Waals surface area contributed by atoms with Gasteiger partial charge in [-0.1, -0.05) is 18.5 Å². The Morgan fingerprint density at radius 3 is 2.58 bits per heavy atom. The number of rotatable bonds is 8. The van der Waals surface area contributed by atoms with E-state index in [4.69, 9.17) is 11.6 Å². The number of aryl methyl sites for hydroxylation is 2. The highest BCUT2D eigenvalue weighted by molar-refractivity contribution is 6.30. The molecule has 0 bridgehead atoms. The average molecular weight is 467 g/mol. The van der Waals surface area contributed by atoms with Gasteiger partial charge in [-0.05, 0) is 62.5 Å². The molecule has 2 unspecified atom stereocenters. The zero-order valence-corrected chi connectivity index (χ0v) is 20.0. The third kappa shape index (κ3) is 5.11. The Hall–Kier alpha value is -2.74. The average Bonchev–Trinajstić information content (AvgIpc) is 3.52. The van der Waals surface area contributed by atoms with E-state index in [0.29, 0.717) is 5.02 Å². The molecule has 1 saturated heterocycles. The van der Waals surface area contributed by atoms with Gasteiger partial charge in [0, 0.05) is 26.1 Å². The summed E-state index contributed by atoms with van der Waals surface area (Å²) in [5, 5.41) is 8.59. The Balaban J connectivity index is 1.05. The molecule has 0 radical (unpaired) electrons. The maximum atomic E-state index is 5.91. The second kappa shape index (κ2) is 9.63. The zero-order valence-electron chi connectivity index (χ0n) is 19.3. The number of nitrogens with one attached hydrogen (secondary N) is 1. The number of nitrogens with zero attached hydrogens (tertiary/aromatic N) is 7. The minimum absolute atomic E-state index is 0.589. The van der Waals surface area contributed by atoms with E-state index in [-0.39, 0.29) is 0 Å². The highest BCUT2D eigenvalue weighted by Crippen LogP contribution is 2.49. The number of hydrogen-bond acceptors (Lipinski definition) is 7. The van der Waals surface area contributed by atoms with Crippen molar-refractivity contribution in [2.45, 2.75) is 46.0 Å². The number of halogens is 1. The summed E-state index contributed by atoms with van der Waals surface area (Å²) in [6.45, 7) is 7.06. The van der Waals surface area contributed by atoms with Crippen LogP contribution in [0.5, 0.6) is 0 Å². The molecule has 1 N–H and O–H groups in total. The van der Waals surface area contributed by atoms with Gasteiger partial charge in [0.1, 0.15) is 11.6 Å². The van der Waals surface area contributed by atoms with Gasteiger partial charge in [0.15, 0.2) is 5.82 Å². The fourth-order valence-corrected chi connectivity index (χ4v) is 5.16. The second-order valence-corrected chi connectivity index (χ2v) is 9.58. The van der Waals surface area contributed by atoms with E-state index in [1.807, 2.05) is 23.9 Å². The van der Waals surface area contributed by atoms with Crippen LogP contribution in [0.2, 0.25) is 5.02 Å². The largest absolute Gasteiger partial charge is 0.384 e. The molecule has 8 nitrogen and oxygen atoms in total. The van der Waals surface area contributed by atoms with Gasteiger partial charge in [-0.15, -0.1) is 5.10 Å². The van der Waals surface area contributed by atoms with Gasteiger partial charge in [0.25, 0.3) is 0 Å². The lowest BCUT2D eigenvalue weighted by Crippen LogP contribution is -2.35. The van der Waals surface area contributed by atoms with Crippen LogP contribution in [-0.4, -0.2) is 49.4 Å². The standard InChI is InChI=1S/C24H31ClN8/c1-3-22-30-16(2)31-33(22)23-5-4-20(15-27-23)26-9-6-18-12-21(18)17-7-10-32(11-8-17)24-28-13-19(25)14-29-24/h4-5,13-15,17-18,21,26H,3,6-12H2,1-2H3. The Bertz CT molecular complexity index is 1060. The van der Waals surface area contributed by atoms with Gasteiger partial charge in [0.2, 0.25) is 5.95 Å². The zero-order chi connectivity index (χ0) is 22.8. The predicted octanol–water partition coefficient (Wildman–Crippen LogP) is 4.33. The third-order valence-electron chi connectivity index (χ3n) is 6.92. The molecule has 0 spiro atoms. The van der Waals surface area contributed by atoms with Crippen molar-refractivity contribution in [3.05, 3.63) is 47.4 Å². The maximum Gasteiger partial charge on any atom is 0.225 e. The normalized spacial score (nSPS) is 20.8. The van der Waals surface area contributed by atoms with E-state index in [1.54, 1.807) is 12.4 Å². The summed E-state index contributed by atoms with van der Waals surface area (Å²) < 4.78 is 1.83. The molecule has 0 aromatic carbocycles. The van der Waals surface area contributed by atoms with E-state index < -0.39 is 0 Å². The number of piperidine rings is 1. The lowest BCUT2D eigenvalue weighted by atomic mass is 9.90. The fourth-order valence-electron chi connectivity index (χ4n) is 5.07. The van der Waals surface area contributed by atoms with Gasteiger partial charge in [-0.3, -0.25) is 0 Å². The first-order chi connectivity index (χ1) is 16.1. The predicted molar refractivity (Wildman–Crippen MR) is 130 cm³/mol. The number of pyridine rings is 1. The summed E-state index contributed by atoms with van der Waals surface area (Å²) in [7, 11) is 0. The molecule has 2 atom stereocenters. The molecule has 1 saturated carbocycles. The van der Waals surface area contributed by atoms with Crippen LogP contribution >= 0.6 is 11.6 Å². The number of hydrogen-bond donors (Lipinski definition) is 1. The second-order valence-electron chi connectivity index (χ2n) is 9.15. The molecule has 2 fully saturated rings. The van der Waals surface area contributed by atoms with Crippen molar-refractivity contribution in [2.24, 2.45) is 17.8 Å². The summed E-state index contributed by atoms with van der Waals surface area (Å²) >= 11 is 5.91. The van der Waals surface area contributed by atoms with Crippen molar-refractivity contribution in [2.75, 3.05) is 29.9 Å². The van der Waals surface area contributed by atoms with Crippen LogP contribution in [-0.2, 0) is 6.42 Å². The molecule has 1 aliphatic carbocycles. The maximum absolute atomic E-state index is 5.91. The van der Waals surface area contributed by atoms with Crippen molar-refractivity contribution in [3.8, 4) is 5.82 Å². The fraction of sp³-hybridized carbons (Fsp3) is 0.542. The molecule has 0 amide bonds. The Morgan fingerprint density at radius 2 is 1.88 bits per heavy atom. The molecule has 4 heterocycles. The first kappa shape index (κ1) is 22.1. The molecular weight excluding hydrogens is 436 g/mol. The van der Waals surface area contributed by atoms with Gasteiger partial charge >= 0.3 is 0 Å². The van der Waals surface area contributed by atoms with Crippen molar-refractivity contribution in [1.82, 2.24) is 29.7 Å². The summed E-state index contributed by atoms with van der Waals surface area (Å²) in [5.74, 6) is 5.89.